The minimum Gasteiger partial charge on any atom is -0.469 e. The maximum absolute atomic E-state index is 5.85. The topological polar surface area (TPSA) is 57.0 Å². The van der Waals surface area contributed by atoms with Crippen LogP contribution < -0.4 is 5.73 Å². The Hall–Kier alpha value is -1.71. The lowest BCUT2D eigenvalue weighted by Gasteiger charge is -1.99. The summed E-state index contributed by atoms with van der Waals surface area (Å²) in [7, 11) is 0. The van der Waals surface area contributed by atoms with Gasteiger partial charge in [0.05, 0.1) is 12.0 Å². The van der Waals surface area contributed by atoms with E-state index in [2.05, 4.69) is 12.0 Å². The van der Waals surface area contributed by atoms with Gasteiger partial charge in [0, 0.05) is 18.2 Å². The zero-order chi connectivity index (χ0) is 10.8. The number of rotatable bonds is 3. The summed E-state index contributed by atoms with van der Waals surface area (Å²) in [6, 6.07) is 3.79. The molecule has 0 amide bonds. The molecule has 2 heterocycles. The Morgan fingerprint density at radius 1 is 1.53 bits per heavy atom. The van der Waals surface area contributed by atoms with Crippen molar-refractivity contribution in [3.05, 3.63) is 24.2 Å². The normalized spacial score (nSPS) is 10.8. The zero-order valence-electron chi connectivity index (χ0n) is 9.03. The Morgan fingerprint density at radius 3 is 2.93 bits per heavy atom. The molecular weight excluding hydrogens is 190 g/mol. The van der Waals surface area contributed by atoms with E-state index in [4.69, 9.17) is 10.2 Å². The molecule has 0 spiro atoms. The van der Waals surface area contributed by atoms with Crippen LogP contribution in [0.1, 0.15) is 19.1 Å². The molecule has 0 saturated heterocycles. The minimum atomic E-state index is 0.701. The lowest BCUT2D eigenvalue weighted by molar-refractivity contribution is 0.535. The van der Waals surface area contributed by atoms with Crippen LogP contribution in [0.4, 0.5) is 5.82 Å². The van der Waals surface area contributed by atoms with Gasteiger partial charge in [0.2, 0.25) is 0 Å². The summed E-state index contributed by atoms with van der Waals surface area (Å²) >= 11 is 0. The molecule has 0 saturated carbocycles. The molecule has 4 nitrogen and oxygen atoms in total. The molecule has 0 aliphatic carbocycles. The lowest BCUT2D eigenvalue weighted by Crippen LogP contribution is -2.03. The predicted molar refractivity (Wildman–Crippen MR) is 59.4 cm³/mol. The van der Waals surface area contributed by atoms with Crippen LogP contribution in [0.5, 0.6) is 0 Å². The third-order valence-corrected chi connectivity index (χ3v) is 2.38. The standard InChI is InChI=1S/C11H15N3O/c1-3-5-14-11(12)7-10(13-14)9-4-6-15-8(9)2/h4,6-7H,3,5,12H2,1-2H3. The second-order valence-electron chi connectivity index (χ2n) is 3.57. The fourth-order valence-electron chi connectivity index (χ4n) is 1.60. The third kappa shape index (κ3) is 1.75. The molecule has 80 valence electrons. The molecule has 0 aromatic carbocycles. The molecule has 2 aromatic rings. The molecule has 0 aliphatic rings. The van der Waals surface area contributed by atoms with E-state index < -0.39 is 0 Å². The van der Waals surface area contributed by atoms with Gasteiger partial charge in [-0.2, -0.15) is 5.10 Å². The van der Waals surface area contributed by atoms with Gasteiger partial charge >= 0.3 is 0 Å². The number of aryl methyl sites for hydroxylation is 2. The van der Waals surface area contributed by atoms with Crippen molar-refractivity contribution in [2.45, 2.75) is 26.8 Å². The second kappa shape index (κ2) is 3.81. The van der Waals surface area contributed by atoms with E-state index in [1.54, 1.807) is 6.26 Å². The first-order chi connectivity index (χ1) is 7.22. The van der Waals surface area contributed by atoms with Crippen LogP contribution in [0, 0.1) is 6.92 Å². The first-order valence-electron chi connectivity index (χ1n) is 5.10. The van der Waals surface area contributed by atoms with Crippen molar-refractivity contribution in [2.24, 2.45) is 0 Å². The van der Waals surface area contributed by atoms with Crippen LogP contribution in [0.2, 0.25) is 0 Å². The van der Waals surface area contributed by atoms with Crippen molar-refractivity contribution in [2.75, 3.05) is 5.73 Å². The molecular formula is C11H15N3O. The first-order valence-corrected chi connectivity index (χ1v) is 5.10. The van der Waals surface area contributed by atoms with Crippen molar-refractivity contribution >= 4 is 5.82 Å². The maximum Gasteiger partial charge on any atom is 0.122 e. The van der Waals surface area contributed by atoms with Gasteiger partial charge < -0.3 is 10.2 Å². The van der Waals surface area contributed by atoms with Gasteiger partial charge in [0.1, 0.15) is 11.6 Å². The Balaban J connectivity index is 2.38. The van der Waals surface area contributed by atoms with Crippen LogP contribution in [0.15, 0.2) is 22.8 Å². The average molecular weight is 205 g/mol. The van der Waals surface area contributed by atoms with E-state index in [9.17, 15) is 0 Å². The molecule has 0 aliphatic heterocycles. The molecule has 0 radical (unpaired) electrons. The summed E-state index contributed by atoms with van der Waals surface area (Å²) in [5.41, 5.74) is 7.75. The van der Waals surface area contributed by atoms with E-state index in [0.29, 0.717) is 5.82 Å². The maximum atomic E-state index is 5.85. The van der Waals surface area contributed by atoms with Gasteiger partial charge in [-0.15, -0.1) is 0 Å². The van der Waals surface area contributed by atoms with Crippen molar-refractivity contribution < 1.29 is 4.42 Å². The third-order valence-electron chi connectivity index (χ3n) is 2.38. The van der Waals surface area contributed by atoms with Crippen LogP contribution in [0.3, 0.4) is 0 Å². The van der Waals surface area contributed by atoms with Gasteiger partial charge in [-0.1, -0.05) is 6.92 Å². The molecule has 0 atom stereocenters. The molecule has 2 aromatic heterocycles. The van der Waals surface area contributed by atoms with E-state index >= 15 is 0 Å². The van der Waals surface area contributed by atoms with Crippen LogP contribution in [0.25, 0.3) is 11.3 Å². The molecule has 4 heteroatoms. The Kier molecular flexibility index (Phi) is 2.49. The van der Waals surface area contributed by atoms with Crippen molar-refractivity contribution in [1.82, 2.24) is 9.78 Å². The SMILES string of the molecule is CCCn1nc(-c2ccoc2C)cc1N. The number of nitrogen functional groups attached to an aromatic ring is 1. The highest BCUT2D eigenvalue weighted by Crippen LogP contribution is 2.24. The molecule has 2 rings (SSSR count). The summed E-state index contributed by atoms with van der Waals surface area (Å²) in [5.74, 6) is 1.57. The van der Waals surface area contributed by atoms with Gasteiger partial charge in [0.25, 0.3) is 0 Å². The van der Waals surface area contributed by atoms with E-state index in [1.807, 2.05) is 23.7 Å². The van der Waals surface area contributed by atoms with E-state index in [0.717, 1.165) is 30.0 Å². The number of hydrogen-bond donors (Lipinski definition) is 1. The van der Waals surface area contributed by atoms with Crippen LogP contribution in [-0.2, 0) is 6.54 Å². The fourth-order valence-corrected chi connectivity index (χ4v) is 1.60. The van der Waals surface area contributed by atoms with Crippen molar-refractivity contribution in [3.8, 4) is 11.3 Å². The Morgan fingerprint density at radius 2 is 2.33 bits per heavy atom. The summed E-state index contributed by atoms with van der Waals surface area (Å²) in [6.07, 6.45) is 2.69. The van der Waals surface area contributed by atoms with Crippen LogP contribution in [-0.4, -0.2) is 9.78 Å². The fraction of sp³-hybridized carbons (Fsp3) is 0.364. The summed E-state index contributed by atoms with van der Waals surface area (Å²) < 4.78 is 7.06. The largest absolute Gasteiger partial charge is 0.469 e. The molecule has 15 heavy (non-hydrogen) atoms. The predicted octanol–water partition coefficient (Wildman–Crippen LogP) is 2.44. The summed E-state index contributed by atoms with van der Waals surface area (Å²) in [6.45, 7) is 4.87. The van der Waals surface area contributed by atoms with E-state index in [1.165, 1.54) is 0 Å². The highest BCUT2D eigenvalue weighted by Gasteiger charge is 2.10. The highest BCUT2D eigenvalue weighted by atomic mass is 16.3. The number of furan rings is 1. The molecule has 0 fully saturated rings. The average Bonchev–Trinajstić information content (AvgIpc) is 2.75. The second-order valence-corrected chi connectivity index (χ2v) is 3.57. The Labute approximate surface area is 88.7 Å². The van der Waals surface area contributed by atoms with E-state index in [-0.39, 0.29) is 0 Å². The number of nitrogens with two attached hydrogens (primary N) is 1. The van der Waals surface area contributed by atoms with Crippen molar-refractivity contribution in [3.63, 3.8) is 0 Å². The highest BCUT2D eigenvalue weighted by molar-refractivity contribution is 5.63. The monoisotopic (exact) mass is 205 g/mol. The zero-order valence-corrected chi connectivity index (χ0v) is 9.03. The van der Waals surface area contributed by atoms with Crippen LogP contribution >= 0.6 is 0 Å². The molecule has 0 bridgehead atoms. The van der Waals surface area contributed by atoms with Gasteiger partial charge in [-0.3, -0.25) is 0 Å². The van der Waals surface area contributed by atoms with Gasteiger partial charge in [-0.25, -0.2) is 4.68 Å². The molecule has 2 N–H and O–H groups in total. The quantitative estimate of drug-likeness (QED) is 0.837. The van der Waals surface area contributed by atoms with Gasteiger partial charge in [0.15, 0.2) is 0 Å². The summed E-state index contributed by atoms with van der Waals surface area (Å²) in [4.78, 5) is 0. The Bertz CT molecular complexity index is 456. The number of hydrogen-bond acceptors (Lipinski definition) is 3. The smallest absolute Gasteiger partial charge is 0.122 e. The van der Waals surface area contributed by atoms with Gasteiger partial charge in [-0.05, 0) is 19.4 Å². The molecule has 0 unspecified atom stereocenters. The summed E-state index contributed by atoms with van der Waals surface area (Å²) in [5, 5.41) is 4.43. The van der Waals surface area contributed by atoms with Crippen molar-refractivity contribution in [1.29, 1.82) is 0 Å². The number of anilines is 1. The number of nitrogens with zero attached hydrogens (tertiary/aromatic N) is 2. The minimum absolute atomic E-state index is 0.701. The first kappa shape index (κ1) is 9.83. The number of aromatic nitrogens is 2. The lowest BCUT2D eigenvalue weighted by atomic mass is 10.2.